The first-order valence-electron chi connectivity index (χ1n) is 7.90. The molecule has 0 N–H and O–H groups in total. The van der Waals surface area contributed by atoms with Crippen LogP contribution in [-0.4, -0.2) is 34.2 Å². The molecule has 3 rings (SSSR count). The maximum Gasteiger partial charge on any atom is 0.221 e. The van der Waals surface area contributed by atoms with Gasteiger partial charge in [0.2, 0.25) is 5.90 Å². The first-order chi connectivity index (χ1) is 10.1. The molecule has 1 saturated heterocycles. The van der Waals surface area contributed by atoms with Crippen molar-refractivity contribution in [2.45, 2.75) is 64.3 Å². The topological polar surface area (TPSA) is 34.1 Å². The summed E-state index contributed by atoms with van der Waals surface area (Å²) in [6, 6.07) is 10.6. The molecule has 1 aromatic rings. The lowest BCUT2D eigenvalue weighted by atomic mass is 9.84. The van der Waals surface area contributed by atoms with Crippen LogP contribution in [0, 0.1) is 0 Å². The number of nitrogens with zero attached hydrogens (tertiary/aromatic N) is 2. The van der Waals surface area contributed by atoms with Crippen LogP contribution in [-0.2, 0) is 9.57 Å². The average Bonchev–Trinajstić information content (AvgIpc) is 2.76. The van der Waals surface area contributed by atoms with Gasteiger partial charge in [0, 0.05) is 5.54 Å². The Bertz CT molecular complexity index is 589. The number of benzene rings is 1. The summed E-state index contributed by atoms with van der Waals surface area (Å²) >= 11 is 0. The zero-order chi connectivity index (χ0) is 16.2. The minimum absolute atomic E-state index is 0.0886. The van der Waals surface area contributed by atoms with Crippen LogP contribution in [0.15, 0.2) is 35.3 Å². The molecule has 2 atom stereocenters. The van der Waals surface area contributed by atoms with Gasteiger partial charge in [-0.1, -0.05) is 30.3 Å². The van der Waals surface area contributed by atoms with E-state index in [-0.39, 0.29) is 17.1 Å². The Labute approximate surface area is 133 Å². The van der Waals surface area contributed by atoms with E-state index in [9.17, 15) is 0 Å². The third-order valence-electron chi connectivity index (χ3n) is 4.21. The molecule has 0 bridgehead atoms. The van der Waals surface area contributed by atoms with Crippen molar-refractivity contribution in [3.63, 3.8) is 0 Å². The average molecular weight is 302 g/mol. The number of hydroxylamine groups is 2. The smallest absolute Gasteiger partial charge is 0.221 e. The van der Waals surface area contributed by atoms with Crippen molar-refractivity contribution in [2.75, 3.05) is 6.61 Å². The van der Waals surface area contributed by atoms with Crippen LogP contribution in [0.5, 0.6) is 0 Å². The third-order valence-corrected chi connectivity index (χ3v) is 4.21. The van der Waals surface area contributed by atoms with Gasteiger partial charge in [-0.3, -0.25) is 4.84 Å². The molecule has 0 radical (unpaired) electrons. The van der Waals surface area contributed by atoms with Gasteiger partial charge in [-0.05, 0) is 47.1 Å². The van der Waals surface area contributed by atoms with Crippen LogP contribution in [0.4, 0.5) is 0 Å². The highest BCUT2D eigenvalue weighted by atomic mass is 16.8. The van der Waals surface area contributed by atoms with Gasteiger partial charge >= 0.3 is 0 Å². The van der Waals surface area contributed by atoms with E-state index in [1.807, 2.05) is 6.07 Å². The van der Waals surface area contributed by atoms with Crippen molar-refractivity contribution in [3.8, 4) is 0 Å². The summed E-state index contributed by atoms with van der Waals surface area (Å²) in [6.07, 6.45) is 0. The van der Waals surface area contributed by atoms with Gasteiger partial charge in [-0.15, -0.1) is 0 Å². The standard InChI is InChI=1S/C18H26N2O2/c1-16(2,3)20-14(13-10-8-7-9-11-13)18(6,22-20)15-19-17(4,5)12-21-15/h7-11,14H,12H2,1-6H3/t14-,18+/m1/s1. The summed E-state index contributed by atoms with van der Waals surface area (Å²) in [4.78, 5) is 11.0. The van der Waals surface area contributed by atoms with E-state index in [2.05, 4.69) is 70.9 Å². The monoisotopic (exact) mass is 302 g/mol. The van der Waals surface area contributed by atoms with Gasteiger partial charge < -0.3 is 4.74 Å². The maximum absolute atomic E-state index is 6.21. The first kappa shape index (κ1) is 15.5. The fourth-order valence-electron chi connectivity index (χ4n) is 3.09. The molecule has 0 amide bonds. The minimum atomic E-state index is -0.539. The molecule has 4 heteroatoms. The molecule has 2 heterocycles. The van der Waals surface area contributed by atoms with Crippen LogP contribution >= 0.6 is 0 Å². The first-order valence-corrected chi connectivity index (χ1v) is 7.90. The second-order valence-corrected chi connectivity index (χ2v) is 8.03. The van der Waals surface area contributed by atoms with E-state index >= 15 is 0 Å². The van der Waals surface area contributed by atoms with Gasteiger partial charge in [0.25, 0.3) is 0 Å². The molecule has 0 unspecified atom stereocenters. The Morgan fingerprint density at radius 2 is 1.77 bits per heavy atom. The van der Waals surface area contributed by atoms with Crippen molar-refractivity contribution in [2.24, 2.45) is 4.99 Å². The second kappa shape index (κ2) is 4.80. The zero-order valence-electron chi connectivity index (χ0n) is 14.4. The van der Waals surface area contributed by atoms with Crippen LogP contribution in [0.3, 0.4) is 0 Å². The highest BCUT2D eigenvalue weighted by Gasteiger charge is 2.61. The fourth-order valence-corrected chi connectivity index (χ4v) is 3.09. The summed E-state index contributed by atoms with van der Waals surface area (Å²) in [5.41, 5.74) is 0.421. The molecule has 2 aliphatic rings. The lowest BCUT2D eigenvalue weighted by Gasteiger charge is -2.58. The molecule has 0 saturated carbocycles. The summed E-state index contributed by atoms with van der Waals surface area (Å²) in [7, 11) is 0. The lowest BCUT2D eigenvalue weighted by molar-refractivity contribution is -0.399. The molecular weight excluding hydrogens is 276 g/mol. The van der Waals surface area contributed by atoms with Crippen molar-refractivity contribution in [1.29, 1.82) is 0 Å². The molecule has 22 heavy (non-hydrogen) atoms. The van der Waals surface area contributed by atoms with Gasteiger partial charge in [0.15, 0.2) is 5.60 Å². The summed E-state index contributed by atoms with van der Waals surface area (Å²) < 4.78 is 5.89. The van der Waals surface area contributed by atoms with Crippen molar-refractivity contribution >= 4 is 5.90 Å². The number of aliphatic imine (C=N–C) groups is 1. The van der Waals surface area contributed by atoms with Gasteiger partial charge in [-0.2, -0.15) is 5.06 Å². The Kier molecular flexibility index (Phi) is 3.38. The quantitative estimate of drug-likeness (QED) is 0.834. The molecule has 120 valence electrons. The molecule has 4 nitrogen and oxygen atoms in total. The largest absolute Gasteiger partial charge is 0.476 e. The van der Waals surface area contributed by atoms with Crippen LogP contribution in [0.1, 0.15) is 53.1 Å². The number of rotatable bonds is 2. The molecule has 0 aliphatic carbocycles. The Morgan fingerprint density at radius 1 is 1.14 bits per heavy atom. The highest BCUT2D eigenvalue weighted by molar-refractivity contribution is 5.88. The van der Waals surface area contributed by atoms with Crippen molar-refractivity contribution in [1.82, 2.24) is 5.06 Å². The molecule has 0 aromatic heterocycles. The Morgan fingerprint density at radius 3 is 2.27 bits per heavy atom. The lowest BCUT2D eigenvalue weighted by Crippen LogP contribution is -2.68. The molecule has 1 aromatic carbocycles. The van der Waals surface area contributed by atoms with Crippen LogP contribution < -0.4 is 0 Å². The SMILES string of the molecule is CC1(C)COC([C@@]2(C)ON(C(C)(C)C)[C@@H]2c2ccccc2)=N1. The third kappa shape index (κ3) is 2.44. The van der Waals surface area contributed by atoms with E-state index in [1.54, 1.807) is 0 Å². The zero-order valence-corrected chi connectivity index (χ0v) is 14.4. The predicted molar refractivity (Wildman–Crippen MR) is 87.7 cm³/mol. The molecule has 2 aliphatic heterocycles. The Hall–Kier alpha value is -1.39. The summed E-state index contributed by atoms with van der Waals surface area (Å²) in [5.74, 6) is 0.715. The van der Waals surface area contributed by atoms with Gasteiger partial charge in [-0.25, -0.2) is 4.99 Å². The van der Waals surface area contributed by atoms with Gasteiger partial charge in [0.1, 0.15) is 12.6 Å². The minimum Gasteiger partial charge on any atom is -0.476 e. The Balaban J connectivity index is 1.99. The van der Waals surface area contributed by atoms with Crippen molar-refractivity contribution < 1.29 is 9.57 Å². The van der Waals surface area contributed by atoms with E-state index in [0.717, 1.165) is 0 Å². The number of hydrogen-bond donors (Lipinski definition) is 0. The fraction of sp³-hybridized carbons (Fsp3) is 0.611. The van der Waals surface area contributed by atoms with E-state index in [4.69, 9.17) is 14.6 Å². The van der Waals surface area contributed by atoms with Crippen LogP contribution in [0.2, 0.25) is 0 Å². The highest BCUT2D eigenvalue weighted by Crippen LogP contribution is 2.50. The predicted octanol–water partition coefficient (Wildman–Crippen LogP) is 3.74. The summed E-state index contributed by atoms with van der Waals surface area (Å²) in [6.45, 7) is 13.3. The normalized spacial score (nSPS) is 31.4. The summed E-state index contributed by atoms with van der Waals surface area (Å²) in [5, 5.41) is 2.06. The molecule has 1 fully saturated rings. The van der Waals surface area contributed by atoms with E-state index in [1.165, 1.54) is 5.56 Å². The second-order valence-electron chi connectivity index (χ2n) is 8.03. The maximum atomic E-state index is 6.21. The van der Waals surface area contributed by atoms with E-state index < -0.39 is 5.60 Å². The number of ether oxygens (including phenoxy) is 1. The molecular formula is C18H26N2O2. The van der Waals surface area contributed by atoms with Crippen molar-refractivity contribution in [3.05, 3.63) is 35.9 Å². The molecule has 0 spiro atoms. The number of hydrogen-bond acceptors (Lipinski definition) is 4. The van der Waals surface area contributed by atoms with E-state index in [0.29, 0.717) is 12.5 Å². The van der Waals surface area contributed by atoms with Crippen LogP contribution in [0.25, 0.3) is 0 Å². The van der Waals surface area contributed by atoms with Gasteiger partial charge in [0.05, 0.1) is 5.54 Å².